The van der Waals surface area contributed by atoms with E-state index in [0.717, 1.165) is 22.9 Å². The third kappa shape index (κ3) is 3.92. The summed E-state index contributed by atoms with van der Waals surface area (Å²) in [4.78, 5) is 10.8. The number of benzene rings is 1. The lowest BCUT2D eigenvalue weighted by Gasteiger charge is -2.03. The van der Waals surface area contributed by atoms with Crippen molar-refractivity contribution in [3.05, 3.63) is 52.9 Å². The Bertz CT molecular complexity index is 935. The predicted octanol–water partition coefficient (Wildman–Crippen LogP) is 3.56. The first-order chi connectivity index (χ1) is 12.1. The number of carboxylic acid groups (broad SMARTS) is 1. The van der Waals surface area contributed by atoms with Gasteiger partial charge in [-0.3, -0.25) is 4.79 Å². The van der Waals surface area contributed by atoms with Gasteiger partial charge in [-0.2, -0.15) is 9.78 Å². The van der Waals surface area contributed by atoms with E-state index in [1.807, 2.05) is 18.2 Å². The molecule has 0 aliphatic heterocycles. The van der Waals surface area contributed by atoms with Crippen LogP contribution in [0.5, 0.6) is 0 Å². The molecule has 2 heterocycles. The van der Waals surface area contributed by atoms with Crippen LogP contribution in [0.2, 0.25) is 5.02 Å². The predicted molar refractivity (Wildman–Crippen MR) is 95.3 cm³/mol. The maximum absolute atomic E-state index is 10.8. The molecule has 2 aromatic heterocycles. The van der Waals surface area contributed by atoms with Crippen molar-refractivity contribution in [1.29, 1.82) is 0 Å². The fourth-order valence-electron chi connectivity index (χ4n) is 2.07. The third-order valence-electron chi connectivity index (χ3n) is 3.25. The molecule has 3 aromatic rings. The van der Waals surface area contributed by atoms with Crippen molar-refractivity contribution >= 4 is 35.5 Å². The molecule has 0 saturated carbocycles. The number of rotatable bonds is 6. The topological polar surface area (TPSA) is 93.5 Å². The second-order valence-corrected chi connectivity index (χ2v) is 6.31. The molecule has 25 heavy (non-hydrogen) atoms. The molecule has 0 amide bonds. The standard InChI is InChI=1S/C16H13ClN4O3S/c1-10-12(6-7-24-10)15-19-20-16(25-9-14(22)23)21(15)18-8-11-4-2-3-5-13(11)17/h2-8H,9H2,1H3,(H,22,23)/b18-8-. The number of carboxylic acids is 1. The molecule has 1 aromatic carbocycles. The molecule has 0 aliphatic carbocycles. The quantitative estimate of drug-likeness (QED) is 0.522. The number of halogens is 1. The van der Waals surface area contributed by atoms with Crippen LogP contribution in [0.25, 0.3) is 11.4 Å². The number of furan rings is 1. The van der Waals surface area contributed by atoms with Crippen molar-refractivity contribution in [2.45, 2.75) is 12.1 Å². The number of nitrogens with zero attached hydrogens (tertiary/aromatic N) is 4. The number of hydrogen-bond acceptors (Lipinski definition) is 6. The van der Waals surface area contributed by atoms with Crippen LogP contribution in [0.15, 0.2) is 51.3 Å². The molecule has 0 atom stereocenters. The number of carbonyl (C=O) groups is 1. The van der Waals surface area contributed by atoms with Gasteiger partial charge in [0.15, 0.2) is 5.82 Å². The van der Waals surface area contributed by atoms with Gasteiger partial charge in [-0.15, -0.1) is 10.2 Å². The van der Waals surface area contributed by atoms with Crippen molar-refractivity contribution in [3.63, 3.8) is 0 Å². The molecule has 7 nitrogen and oxygen atoms in total. The van der Waals surface area contributed by atoms with E-state index in [1.54, 1.807) is 31.5 Å². The van der Waals surface area contributed by atoms with E-state index in [-0.39, 0.29) is 5.75 Å². The molecular weight excluding hydrogens is 364 g/mol. The Balaban J connectivity index is 2.02. The van der Waals surface area contributed by atoms with Crippen LogP contribution in [0.1, 0.15) is 11.3 Å². The minimum Gasteiger partial charge on any atom is -0.481 e. The average Bonchev–Trinajstić information content (AvgIpc) is 3.17. The Morgan fingerprint density at radius 2 is 2.20 bits per heavy atom. The molecule has 0 saturated heterocycles. The summed E-state index contributed by atoms with van der Waals surface area (Å²) in [6, 6.07) is 9.01. The lowest BCUT2D eigenvalue weighted by atomic mass is 10.2. The Kier molecular flexibility index (Phi) is 5.20. The van der Waals surface area contributed by atoms with E-state index >= 15 is 0 Å². The zero-order valence-electron chi connectivity index (χ0n) is 13.1. The van der Waals surface area contributed by atoms with Gasteiger partial charge in [0.1, 0.15) is 5.76 Å². The lowest BCUT2D eigenvalue weighted by molar-refractivity contribution is -0.133. The molecule has 3 rings (SSSR count). The van der Waals surface area contributed by atoms with Crippen LogP contribution in [0.4, 0.5) is 0 Å². The van der Waals surface area contributed by atoms with Crippen LogP contribution in [0, 0.1) is 6.92 Å². The highest BCUT2D eigenvalue weighted by atomic mass is 35.5. The maximum atomic E-state index is 10.8. The number of aliphatic carboxylic acids is 1. The molecule has 9 heteroatoms. The molecule has 0 unspecified atom stereocenters. The van der Waals surface area contributed by atoms with Gasteiger partial charge in [0.25, 0.3) is 0 Å². The summed E-state index contributed by atoms with van der Waals surface area (Å²) in [5, 5.41) is 22.4. The Labute approximate surface area is 152 Å². The van der Waals surface area contributed by atoms with Gasteiger partial charge in [-0.25, -0.2) is 0 Å². The van der Waals surface area contributed by atoms with E-state index in [0.29, 0.717) is 21.8 Å². The summed E-state index contributed by atoms with van der Waals surface area (Å²) in [6.07, 6.45) is 3.13. The first-order valence-corrected chi connectivity index (χ1v) is 8.56. The Morgan fingerprint density at radius 3 is 2.88 bits per heavy atom. The number of aryl methyl sites for hydroxylation is 1. The number of hydrogen-bond donors (Lipinski definition) is 1. The highest BCUT2D eigenvalue weighted by Gasteiger charge is 2.18. The summed E-state index contributed by atoms with van der Waals surface area (Å²) in [7, 11) is 0. The van der Waals surface area contributed by atoms with Crippen molar-refractivity contribution in [1.82, 2.24) is 14.9 Å². The van der Waals surface area contributed by atoms with Gasteiger partial charge >= 0.3 is 5.97 Å². The first-order valence-electron chi connectivity index (χ1n) is 7.19. The number of thioether (sulfide) groups is 1. The minimum atomic E-state index is -0.948. The summed E-state index contributed by atoms with van der Waals surface area (Å²) in [5.41, 5.74) is 1.45. The fraction of sp³-hybridized carbons (Fsp3) is 0.125. The molecule has 1 N–H and O–H groups in total. The van der Waals surface area contributed by atoms with Crippen LogP contribution in [0.3, 0.4) is 0 Å². The van der Waals surface area contributed by atoms with Crippen molar-refractivity contribution in [2.75, 3.05) is 5.75 Å². The zero-order valence-corrected chi connectivity index (χ0v) is 14.7. The Hall–Kier alpha value is -2.58. The van der Waals surface area contributed by atoms with E-state index < -0.39 is 5.97 Å². The van der Waals surface area contributed by atoms with Crippen molar-refractivity contribution < 1.29 is 14.3 Å². The van der Waals surface area contributed by atoms with Gasteiger partial charge in [0.2, 0.25) is 5.16 Å². The zero-order chi connectivity index (χ0) is 17.8. The van der Waals surface area contributed by atoms with Crippen molar-refractivity contribution in [2.24, 2.45) is 5.10 Å². The third-order valence-corrected chi connectivity index (χ3v) is 4.50. The fourth-order valence-corrected chi connectivity index (χ4v) is 2.86. The summed E-state index contributed by atoms with van der Waals surface area (Å²) >= 11 is 7.17. The SMILES string of the molecule is Cc1occc1-c1nnc(SCC(=O)O)n1/N=C\c1ccccc1Cl. The van der Waals surface area contributed by atoms with Gasteiger partial charge in [-0.05, 0) is 19.1 Å². The van der Waals surface area contributed by atoms with E-state index in [4.69, 9.17) is 21.1 Å². The highest BCUT2D eigenvalue weighted by Crippen LogP contribution is 2.27. The van der Waals surface area contributed by atoms with Gasteiger partial charge in [0.05, 0.1) is 23.8 Å². The molecule has 0 bridgehead atoms. The molecule has 0 spiro atoms. The van der Waals surface area contributed by atoms with Gasteiger partial charge < -0.3 is 9.52 Å². The summed E-state index contributed by atoms with van der Waals surface area (Å²) in [5.74, 6) is 0.0268. The highest BCUT2D eigenvalue weighted by molar-refractivity contribution is 7.99. The smallest absolute Gasteiger partial charge is 0.313 e. The Morgan fingerprint density at radius 1 is 1.40 bits per heavy atom. The normalized spacial score (nSPS) is 11.3. The monoisotopic (exact) mass is 376 g/mol. The summed E-state index contributed by atoms with van der Waals surface area (Å²) < 4.78 is 6.79. The van der Waals surface area contributed by atoms with E-state index in [2.05, 4.69) is 15.3 Å². The minimum absolute atomic E-state index is 0.149. The van der Waals surface area contributed by atoms with Crippen molar-refractivity contribution in [3.8, 4) is 11.4 Å². The largest absolute Gasteiger partial charge is 0.481 e. The molecular formula is C16H13ClN4O3S. The second-order valence-electron chi connectivity index (χ2n) is 4.96. The van der Waals surface area contributed by atoms with Crippen LogP contribution in [-0.4, -0.2) is 37.9 Å². The van der Waals surface area contributed by atoms with Crippen LogP contribution >= 0.6 is 23.4 Å². The molecule has 0 radical (unpaired) electrons. The first kappa shape index (κ1) is 17.2. The van der Waals surface area contributed by atoms with Gasteiger partial charge in [0, 0.05) is 10.6 Å². The average molecular weight is 377 g/mol. The van der Waals surface area contributed by atoms with Gasteiger partial charge in [-0.1, -0.05) is 41.6 Å². The van der Waals surface area contributed by atoms with Crippen LogP contribution in [-0.2, 0) is 4.79 Å². The summed E-state index contributed by atoms with van der Waals surface area (Å²) in [6.45, 7) is 1.80. The van der Waals surface area contributed by atoms with E-state index in [1.165, 1.54) is 4.68 Å². The maximum Gasteiger partial charge on any atom is 0.313 e. The van der Waals surface area contributed by atoms with Crippen LogP contribution < -0.4 is 0 Å². The lowest BCUT2D eigenvalue weighted by Crippen LogP contribution is -2.01. The second kappa shape index (κ2) is 7.54. The number of aromatic nitrogens is 3. The molecule has 0 aliphatic rings. The molecule has 0 fully saturated rings. The molecule has 128 valence electrons. The van der Waals surface area contributed by atoms with E-state index in [9.17, 15) is 4.79 Å².